The molecule has 0 saturated heterocycles. The van der Waals surface area contributed by atoms with Gasteiger partial charge in [-0.2, -0.15) is 0 Å². The molecule has 1 aromatic heterocycles. The lowest BCUT2D eigenvalue weighted by Crippen LogP contribution is -2.18. The second-order valence-electron chi connectivity index (χ2n) is 6.38. The number of pyridine rings is 1. The van der Waals surface area contributed by atoms with Gasteiger partial charge in [-0.3, -0.25) is 4.79 Å². The Hall–Kier alpha value is -2.48. The topological polar surface area (TPSA) is 81.0 Å². The van der Waals surface area contributed by atoms with E-state index in [4.69, 9.17) is 9.57 Å². The molecule has 2 aromatic rings. The molecule has 1 N–H and O–H groups in total. The van der Waals surface area contributed by atoms with Crippen molar-refractivity contribution in [3.05, 3.63) is 52.0 Å². The van der Waals surface area contributed by atoms with E-state index in [9.17, 15) is 14.3 Å². The zero-order chi connectivity index (χ0) is 19.5. The molecule has 0 unspecified atom stereocenters. The highest BCUT2D eigenvalue weighted by atomic mass is 79.9. The molecule has 0 spiro atoms. The largest absolute Gasteiger partial charge is 0.507 e. The summed E-state index contributed by atoms with van der Waals surface area (Å²) in [6.07, 6.45) is 1.41. The molecule has 26 heavy (non-hydrogen) atoms. The first-order valence-corrected chi connectivity index (χ1v) is 8.46. The highest BCUT2D eigenvalue weighted by Gasteiger charge is 2.22. The number of aromatic nitrogens is 1. The Kier molecular flexibility index (Phi) is 5.97. The number of ether oxygens (including phenoxy) is 1. The maximum absolute atomic E-state index is 13.5. The van der Waals surface area contributed by atoms with E-state index in [1.54, 1.807) is 13.0 Å². The van der Waals surface area contributed by atoms with Crippen LogP contribution in [0.4, 0.5) is 4.39 Å². The lowest BCUT2D eigenvalue weighted by Gasteiger charge is -2.16. The Morgan fingerprint density at radius 3 is 2.69 bits per heavy atom. The molecule has 6 nitrogen and oxygen atoms in total. The van der Waals surface area contributed by atoms with Gasteiger partial charge in [0, 0.05) is 19.2 Å². The first kappa shape index (κ1) is 19.8. The van der Waals surface area contributed by atoms with Gasteiger partial charge in [-0.25, -0.2) is 9.37 Å². The van der Waals surface area contributed by atoms with Crippen molar-refractivity contribution in [1.82, 2.24) is 4.98 Å². The van der Waals surface area contributed by atoms with Gasteiger partial charge in [0.05, 0.1) is 10.0 Å². The highest BCUT2D eigenvalue weighted by Crippen LogP contribution is 2.29. The summed E-state index contributed by atoms with van der Waals surface area (Å²) in [6, 6.07) is 5.16. The Bertz CT molecular complexity index is 863. The lowest BCUT2D eigenvalue weighted by atomic mass is 10.1. The number of rotatable bonds is 4. The number of ketones is 1. The average molecular weight is 425 g/mol. The second-order valence-corrected chi connectivity index (χ2v) is 7.23. The molecule has 0 aliphatic carbocycles. The number of hydrogen-bond acceptors (Lipinski definition) is 6. The van der Waals surface area contributed by atoms with Crippen LogP contribution in [-0.2, 0) is 4.84 Å². The van der Waals surface area contributed by atoms with Gasteiger partial charge in [0.25, 0.3) is 0 Å². The molecule has 0 atom stereocenters. The normalized spacial score (nSPS) is 12.0. The second kappa shape index (κ2) is 7.82. The molecule has 0 bridgehead atoms. The molecule has 0 aliphatic heterocycles. The minimum absolute atomic E-state index is 0.0494. The molecule has 0 amide bonds. The van der Waals surface area contributed by atoms with Crippen molar-refractivity contribution in [1.29, 1.82) is 0 Å². The molecule has 1 heterocycles. The third-order valence-electron chi connectivity index (χ3n) is 2.97. The summed E-state index contributed by atoms with van der Waals surface area (Å²) in [7, 11) is 0. The van der Waals surface area contributed by atoms with E-state index >= 15 is 0 Å². The van der Waals surface area contributed by atoms with Gasteiger partial charge in [0.1, 0.15) is 17.2 Å². The summed E-state index contributed by atoms with van der Waals surface area (Å²) in [5.41, 5.74) is -0.654. The van der Waals surface area contributed by atoms with Crippen LogP contribution in [0.1, 0.15) is 43.7 Å². The van der Waals surface area contributed by atoms with Crippen LogP contribution in [0.2, 0.25) is 0 Å². The first-order valence-electron chi connectivity index (χ1n) is 7.67. The standard InChI is InChI=1S/C18H18BrFN2O4/c1-10(22-26-18(2,3)4)25-15-6-5-7-21-16(15)17(24)11-8-12(19)13(20)9-14(11)23/h5-9,23H,1-4H3. The predicted molar refractivity (Wildman–Crippen MR) is 98.0 cm³/mol. The maximum Gasteiger partial charge on any atom is 0.228 e. The van der Waals surface area contributed by atoms with Gasteiger partial charge < -0.3 is 14.7 Å². The minimum atomic E-state index is -0.682. The molecule has 0 aliphatic rings. The van der Waals surface area contributed by atoms with Crippen molar-refractivity contribution < 1.29 is 23.9 Å². The van der Waals surface area contributed by atoms with Crippen LogP contribution in [0.3, 0.4) is 0 Å². The molecule has 138 valence electrons. The predicted octanol–water partition coefficient (Wildman–Crippen LogP) is 4.45. The zero-order valence-corrected chi connectivity index (χ0v) is 16.3. The maximum atomic E-state index is 13.5. The van der Waals surface area contributed by atoms with Gasteiger partial charge in [0.2, 0.25) is 11.7 Å². The van der Waals surface area contributed by atoms with Gasteiger partial charge >= 0.3 is 0 Å². The molecule has 2 rings (SSSR count). The molecular formula is C18H18BrFN2O4. The Morgan fingerprint density at radius 2 is 2.04 bits per heavy atom. The Labute approximate surface area is 158 Å². The quantitative estimate of drug-likeness (QED) is 0.339. The van der Waals surface area contributed by atoms with Crippen LogP contribution in [0, 0.1) is 5.82 Å². The molecule has 0 fully saturated rings. The van der Waals surface area contributed by atoms with E-state index in [0.717, 1.165) is 6.07 Å². The Morgan fingerprint density at radius 1 is 1.35 bits per heavy atom. The molecule has 1 aromatic carbocycles. The van der Waals surface area contributed by atoms with Crippen LogP contribution in [0.25, 0.3) is 0 Å². The number of phenols is 1. The summed E-state index contributed by atoms with van der Waals surface area (Å²) in [5, 5.41) is 13.8. The van der Waals surface area contributed by atoms with Crippen molar-refractivity contribution in [2.24, 2.45) is 5.16 Å². The van der Waals surface area contributed by atoms with Crippen LogP contribution < -0.4 is 4.74 Å². The zero-order valence-electron chi connectivity index (χ0n) is 14.7. The first-order chi connectivity index (χ1) is 12.1. The summed E-state index contributed by atoms with van der Waals surface area (Å²) in [6.45, 7) is 7.06. The van der Waals surface area contributed by atoms with Gasteiger partial charge in [-0.05, 0) is 54.9 Å². The van der Waals surface area contributed by atoms with E-state index in [2.05, 4.69) is 26.1 Å². The third kappa shape index (κ3) is 5.01. The molecular weight excluding hydrogens is 407 g/mol. The third-order valence-corrected chi connectivity index (χ3v) is 3.58. The number of benzene rings is 1. The van der Waals surface area contributed by atoms with Gasteiger partial charge in [-0.15, -0.1) is 0 Å². The van der Waals surface area contributed by atoms with Crippen LogP contribution >= 0.6 is 15.9 Å². The van der Waals surface area contributed by atoms with Crippen molar-refractivity contribution >= 4 is 27.6 Å². The van der Waals surface area contributed by atoms with E-state index < -0.39 is 23.0 Å². The summed E-state index contributed by atoms with van der Waals surface area (Å²) in [5.74, 6) is -1.49. The molecule has 8 heteroatoms. The Balaban J connectivity index is 2.35. The van der Waals surface area contributed by atoms with Crippen LogP contribution in [0.15, 0.2) is 40.1 Å². The highest BCUT2D eigenvalue weighted by molar-refractivity contribution is 9.10. The fourth-order valence-corrected chi connectivity index (χ4v) is 2.21. The number of oxime groups is 1. The smallest absolute Gasteiger partial charge is 0.228 e. The van der Waals surface area contributed by atoms with Crippen molar-refractivity contribution in [3.8, 4) is 11.5 Å². The summed E-state index contributed by atoms with van der Waals surface area (Å²) in [4.78, 5) is 22.0. The van der Waals surface area contributed by atoms with E-state index in [1.165, 1.54) is 18.3 Å². The van der Waals surface area contributed by atoms with Crippen molar-refractivity contribution in [2.75, 3.05) is 0 Å². The minimum Gasteiger partial charge on any atom is -0.507 e. The van der Waals surface area contributed by atoms with Crippen LogP contribution in [0.5, 0.6) is 11.5 Å². The van der Waals surface area contributed by atoms with Gasteiger partial charge in [-0.1, -0.05) is 5.16 Å². The van der Waals surface area contributed by atoms with E-state index in [-0.39, 0.29) is 27.4 Å². The number of carbonyl (C=O) groups excluding carboxylic acids is 1. The van der Waals surface area contributed by atoms with E-state index in [0.29, 0.717) is 0 Å². The SMILES string of the molecule is CC(=NOC(C)(C)C)Oc1cccnc1C(=O)c1cc(Br)c(F)cc1O. The number of halogens is 2. The molecule has 0 saturated carbocycles. The summed E-state index contributed by atoms with van der Waals surface area (Å²) < 4.78 is 19.1. The number of hydrogen-bond donors (Lipinski definition) is 1. The fourth-order valence-electron chi connectivity index (χ4n) is 1.87. The number of nitrogens with zero attached hydrogens (tertiary/aromatic N) is 2. The number of aromatic hydroxyl groups is 1. The average Bonchev–Trinajstić information content (AvgIpc) is 2.55. The van der Waals surface area contributed by atoms with Crippen LogP contribution in [-0.4, -0.2) is 27.4 Å². The number of phenolic OH excluding ortho intramolecular Hbond substituents is 1. The lowest BCUT2D eigenvalue weighted by molar-refractivity contribution is -0.00187. The summed E-state index contributed by atoms with van der Waals surface area (Å²) >= 11 is 2.99. The van der Waals surface area contributed by atoms with Gasteiger partial charge in [0.15, 0.2) is 11.4 Å². The number of carbonyl (C=O) groups is 1. The van der Waals surface area contributed by atoms with Crippen molar-refractivity contribution in [2.45, 2.75) is 33.3 Å². The monoisotopic (exact) mass is 424 g/mol. The van der Waals surface area contributed by atoms with Crippen molar-refractivity contribution in [3.63, 3.8) is 0 Å². The fraction of sp³-hybridized carbons (Fsp3) is 0.278. The van der Waals surface area contributed by atoms with E-state index in [1.807, 2.05) is 20.8 Å². The molecule has 0 radical (unpaired) electrons.